The maximum absolute atomic E-state index is 11.5. The van der Waals surface area contributed by atoms with Gasteiger partial charge in [0.2, 0.25) is 0 Å². The van der Waals surface area contributed by atoms with E-state index in [2.05, 4.69) is 25.9 Å². The first-order valence-corrected chi connectivity index (χ1v) is 6.64. The lowest BCUT2D eigenvalue weighted by molar-refractivity contribution is 0.371. The van der Waals surface area contributed by atoms with E-state index in [0.29, 0.717) is 17.7 Å². The molecule has 0 spiro atoms. The van der Waals surface area contributed by atoms with Gasteiger partial charge in [-0.05, 0) is 44.9 Å². The molecule has 0 atom stereocenters. The van der Waals surface area contributed by atoms with Crippen molar-refractivity contribution in [1.29, 1.82) is 0 Å². The minimum absolute atomic E-state index is 0.308. The number of hydrogen-bond acceptors (Lipinski definition) is 5. The Morgan fingerprint density at radius 1 is 1.26 bits per heavy atom. The summed E-state index contributed by atoms with van der Waals surface area (Å²) in [6, 6.07) is 4.70. The van der Waals surface area contributed by atoms with Gasteiger partial charge in [-0.15, -0.1) is 5.10 Å². The van der Waals surface area contributed by atoms with Gasteiger partial charge < -0.3 is 10.6 Å². The van der Waals surface area contributed by atoms with E-state index in [-0.39, 0.29) is 5.69 Å². The molecule has 1 aliphatic rings. The van der Waals surface area contributed by atoms with Crippen LogP contribution in [0.2, 0.25) is 0 Å². The van der Waals surface area contributed by atoms with E-state index in [9.17, 15) is 4.79 Å². The Morgan fingerprint density at radius 3 is 2.74 bits per heavy atom. The van der Waals surface area contributed by atoms with Crippen molar-refractivity contribution in [1.82, 2.24) is 25.1 Å². The number of rotatable bonds is 3. The van der Waals surface area contributed by atoms with Crippen molar-refractivity contribution in [2.75, 3.05) is 12.4 Å². The molecule has 0 saturated heterocycles. The average molecular weight is 262 g/mol. The van der Waals surface area contributed by atoms with Gasteiger partial charge in [0.05, 0.1) is 0 Å². The van der Waals surface area contributed by atoms with E-state index in [4.69, 9.17) is 0 Å². The van der Waals surface area contributed by atoms with Crippen molar-refractivity contribution in [2.24, 2.45) is 0 Å². The topological polar surface area (TPSA) is 87.1 Å². The standard InChI is InChI=1S/C12H18N6O/c1-13-8-2-4-9(5-3-8)14-10-6-7-11-15-16-12(19)18(11)17-10/h6-9,13H,2-5H2,1H3,(H,14,17)(H,16,19). The Kier molecular flexibility index (Phi) is 3.20. The third kappa shape index (κ3) is 2.46. The van der Waals surface area contributed by atoms with Crippen LogP contribution in [0, 0.1) is 0 Å². The van der Waals surface area contributed by atoms with Crippen LogP contribution in [0.5, 0.6) is 0 Å². The summed E-state index contributed by atoms with van der Waals surface area (Å²) in [5, 5.41) is 17.2. The van der Waals surface area contributed by atoms with E-state index in [1.165, 1.54) is 17.4 Å². The first-order valence-electron chi connectivity index (χ1n) is 6.64. The van der Waals surface area contributed by atoms with Crippen LogP contribution >= 0.6 is 0 Å². The van der Waals surface area contributed by atoms with Crippen molar-refractivity contribution in [3.63, 3.8) is 0 Å². The van der Waals surface area contributed by atoms with E-state index in [1.807, 2.05) is 13.1 Å². The minimum Gasteiger partial charge on any atom is -0.366 e. The zero-order valence-corrected chi connectivity index (χ0v) is 10.9. The Labute approximate surface area is 110 Å². The SMILES string of the molecule is CNC1CCC(Nc2ccc3n[nH]c(=O)n3n2)CC1. The molecule has 102 valence electrons. The Balaban J connectivity index is 1.71. The summed E-state index contributed by atoms with van der Waals surface area (Å²) in [5.74, 6) is 0.726. The second kappa shape index (κ2) is 5.00. The van der Waals surface area contributed by atoms with Gasteiger partial charge in [-0.3, -0.25) is 0 Å². The average Bonchev–Trinajstić information content (AvgIpc) is 2.81. The molecule has 7 nitrogen and oxygen atoms in total. The van der Waals surface area contributed by atoms with E-state index < -0.39 is 0 Å². The molecule has 1 saturated carbocycles. The summed E-state index contributed by atoms with van der Waals surface area (Å²) in [6.07, 6.45) is 4.57. The first kappa shape index (κ1) is 12.2. The lowest BCUT2D eigenvalue weighted by atomic mass is 9.91. The summed E-state index contributed by atoms with van der Waals surface area (Å²) in [4.78, 5) is 11.5. The molecule has 7 heteroatoms. The summed E-state index contributed by atoms with van der Waals surface area (Å²) < 4.78 is 1.28. The Bertz CT molecular complexity index is 610. The van der Waals surface area contributed by atoms with Crippen LogP contribution in [-0.4, -0.2) is 38.9 Å². The Morgan fingerprint density at radius 2 is 2.00 bits per heavy atom. The fourth-order valence-corrected chi connectivity index (χ4v) is 2.62. The number of aromatic nitrogens is 4. The molecule has 0 aliphatic heterocycles. The molecule has 3 N–H and O–H groups in total. The highest BCUT2D eigenvalue weighted by Gasteiger charge is 2.20. The van der Waals surface area contributed by atoms with Gasteiger partial charge in [0.15, 0.2) is 5.65 Å². The second-order valence-corrected chi connectivity index (χ2v) is 5.00. The Hall–Kier alpha value is -1.89. The quantitative estimate of drug-likeness (QED) is 0.743. The lowest BCUT2D eigenvalue weighted by Crippen LogP contribution is -2.35. The van der Waals surface area contributed by atoms with Gasteiger partial charge in [0.1, 0.15) is 5.82 Å². The number of hydrogen-bond donors (Lipinski definition) is 3. The van der Waals surface area contributed by atoms with Crippen LogP contribution < -0.4 is 16.3 Å². The maximum Gasteiger partial charge on any atom is 0.364 e. The molecule has 0 bridgehead atoms. The van der Waals surface area contributed by atoms with Crippen LogP contribution in [0.1, 0.15) is 25.7 Å². The molecular formula is C12H18N6O. The number of anilines is 1. The van der Waals surface area contributed by atoms with Crippen LogP contribution in [0.15, 0.2) is 16.9 Å². The monoisotopic (exact) mass is 262 g/mol. The number of aromatic amines is 1. The zero-order chi connectivity index (χ0) is 13.2. The molecule has 0 unspecified atom stereocenters. The van der Waals surface area contributed by atoms with Gasteiger partial charge in [-0.2, -0.15) is 9.61 Å². The highest BCUT2D eigenvalue weighted by atomic mass is 16.2. The van der Waals surface area contributed by atoms with Gasteiger partial charge in [-0.1, -0.05) is 0 Å². The van der Waals surface area contributed by atoms with Crippen LogP contribution in [0.3, 0.4) is 0 Å². The van der Waals surface area contributed by atoms with Crippen LogP contribution in [-0.2, 0) is 0 Å². The van der Waals surface area contributed by atoms with Gasteiger partial charge in [0.25, 0.3) is 0 Å². The summed E-state index contributed by atoms with van der Waals surface area (Å²) in [7, 11) is 2.01. The smallest absolute Gasteiger partial charge is 0.364 e. The molecule has 1 fully saturated rings. The zero-order valence-electron chi connectivity index (χ0n) is 10.9. The fraction of sp³-hybridized carbons (Fsp3) is 0.583. The molecule has 1 aliphatic carbocycles. The summed E-state index contributed by atoms with van der Waals surface area (Å²) in [6.45, 7) is 0. The van der Waals surface area contributed by atoms with Crippen molar-refractivity contribution < 1.29 is 0 Å². The molecule has 2 aromatic heterocycles. The van der Waals surface area contributed by atoms with Crippen LogP contribution in [0.25, 0.3) is 5.65 Å². The predicted molar refractivity (Wildman–Crippen MR) is 72.3 cm³/mol. The maximum atomic E-state index is 11.5. The highest BCUT2D eigenvalue weighted by Crippen LogP contribution is 2.21. The minimum atomic E-state index is -0.308. The molecule has 2 aromatic rings. The predicted octanol–water partition coefficient (Wildman–Crippen LogP) is 0.360. The molecule has 2 heterocycles. The third-order valence-corrected chi connectivity index (χ3v) is 3.76. The molecular weight excluding hydrogens is 244 g/mol. The molecule has 0 radical (unpaired) electrons. The number of nitrogens with one attached hydrogen (secondary N) is 3. The molecule has 19 heavy (non-hydrogen) atoms. The van der Waals surface area contributed by atoms with Gasteiger partial charge >= 0.3 is 5.69 Å². The number of H-pyrrole nitrogens is 1. The van der Waals surface area contributed by atoms with Gasteiger partial charge in [0, 0.05) is 12.1 Å². The highest BCUT2D eigenvalue weighted by molar-refractivity contribution is 5.43. The number of nitrogens with zero attached hydrogens (tertiary/aromatic N) is 3. The van der Waals surface area contributed by atoms with Crippen molar-refractivity contribution in [3.05, 3.63) is 22.6 Å². The fourth-order valence-electron chi connectivity index (χ4n) is 2.62. The second-order valence-electron chi connectivity index (χ2n) is 5.00. The van der Waals surface area contributed by atoms with Crippen LogP contribution in [0.4, 0.5) is 5.82 Å². The summed E-state index contributed by atoms with van der Waals surface area (Å²) in [5.41, 5.74) is 0.229. The largest absolute Gasteiger partial charge is 0.366 e. The van der Waals surface area contributed by atoms with Gasteiger partial charge in [-0.25, -0.2) is 9.89 Å². The normalized spacial score (nSPS) is 23.6. The van der Waals surface area contributed by atoms with Crippen molar-refractivity contribution in [3.8, 4) is 0 Å². The molecule has 0 aromatic carbocycles. The first-order chi connectivity index (χ1) is 9.26. The number of fused-ring (bicyclic) bond motifs is 1. The van der Waals surface area contributed by atoms with E-state index in [1.54, 1.807) is 6.07 Å². The van der Waals surface area contributed by atoms with Crippen molar-refractivity contribution in [2.45, 2.75) is 37.8 Å². The van der Waals surface area contributed by atoms with Crippen molar-refractivity contribution >= 4 is 11.5 Å². The molecule has 3 rings (SSSR count). The van der Waals surface area contributed by atoms with E-state index >= 15 is 0 Å². The third-order valence-electron chi connectivity index (χ3n) is 3.76. The van der Waals surface area contributed by atoms with E-state index in [0.717, 1.165) is 18.7 Å². The molecule has 0 amide bonds. The summed E-state index contributed by atoms with van der Waals surface area (Å²) >= 11 is 0. The lowest BCUT2D eigenvalue weighted by Gasteiger charge is -2.29.